The number of carbonyl (C=O) groups excluding carboxylic acids is 2. The summed E-state index contributed by atoms with van der Waals surface area (Å²) in [4.78, 5) is 24.3. The van der Waals surface area contributed by atoms with Gasteiger partial charge in [-0.1, -0.05) is 60.7 Å². The van der Waals surface area contributed by atoms with Crippen molar-refractivity contribution in [1.82, 2.24) is 10.6 Å². The van der Waals surface area contributed by atoms with Gasteiger partial charge in [0.15, 0.2) is 0 Å². The summed E-state index contributed by atoms with van der Waals surface area (Å²) in [6, 6.07) is 18.6. The Morgan fingerprint density at radius 2 is 1.54 bits per heavy atom. The van der Waals surface area contributed by atoms with Gasteiger partial charge in [0.1, 0.15) is 0 Å². The van der Waals surface area contributed by atoms with E-state index in [1.165, 1.54) is 0 Å². The van der Waals surface area contributed by atoms with Gasteiger partial charge < -0.3 is 16.4 Å². The Morgan fingerprint density at radius 3 is 2.04 bits per heavy atom. The molecule has 1 atom stereocenters. The number of nitrogens with one attached hydrogen (secondary N) is 2. The third-order valence-corrected chi connectivity index (χ3v) is 4.61. The zero-order valence-corrected chi connectivity index (χ0v) is 15.7. The highest BCUT2D eigenvalue weighted by molar-refractivity contribution is 7.98. The molecule has 26 heavy (non-hydrogen) atoms. The van der Waals surface area contributed by atoms with E-state index in [9.17, 15) is 9.59 Å². The number of nitrogens with two attached hydrogens (primary N) is 1. The Balaban J connectivity index is 1.98. The van der Waals surface area contributed by atoms with E-state index in [0.29, 0.717) is 6.42 Å². The standard InChI is InChI=1S/C20H25N3O2S/c1-26-13-12-17(21)20(25)22-14-18(24)23-19(15-8-4-2-5-9-15)16-10-6-3-7-11-16/h2-11,17,19H,12-14,21H2,1H3,(H,22,25)(H,23,24)/t17-/m0/s1. The molecule has 0 radical (unpaired) electrons. The van der Waals surface area contributed by atoms with Gasteiger partial charge in [-0.25, -0.2) is 0 Å². The van der Waals surface area contributed by atoms with Crippen molar-refractivity contribution in [2.75, 3.05) is 18.6 Å². The number of hydrogen-bond donors (Lipinski definition) is 3. The van der Waals surface area contributed by atoms with Crippen LogP contribution in [0, 0.1) is 0 Å². The van der Waals surface area contributed by atoms with Crippen molar-refractivity contribution < 1.29 is 9.59 Å². The maximum absolute atomic E-state index is 12.4. The lowest BCUT2D eigenvalue weighted by molar-refractivity contribution is -0.127. The van der Waals surface area contributed by atoms with Crippen LogP contribution in [0.2, 0.25) is 0 Å². The number of rotatable bonds is 9. The first-order valence-corrected chi connectivity index (χ1v) is 9.92. The quantitative estimate of drug-likeness (QED) is 0.630. The van der Waals surface area contributed by atoms with Crippen LogP contribution in [0.25, 0.3) is 0 Å². The van der Waals surface area contributed by atoms with E-state index < -0.39 is 6.04 Å². The third-order valence-electron chi connectivity index (χ3n) is 3.96. The second kappa shape index (κ2) is 10.6. The fourth-order valence-corrected chi connectivity index (χ4v) is 3.03. The van der Waals surface area contributed by atoms with Gasteiger partial charge in [0.25, 0.3) is 0 Å². The smallest absolute Gasteiger partial charge is 0.240 e. The Morgan fingerprint density at radius 1 is 1.00 bits per heavy atom. The molecule has 0 heterocycles. The highest BCUT2D eigenvalue weighted by atomic mass is 32.2. The van der Waals surface area contributed by atoms with E-state index in [-0.39, 0.29) is 24.4 Å². The normalized spacial score (nSPS) is 11.8. The second-order valence-electron chi connectivity index (χ2n) is 5.93. The minimum Gasteiger partial charge on any atom is -0.346 e. The summed E-state index contributed by atoms with van der Waals surface area (Å²) in [6.45, 7) is -0.0953. The second-order valence-corrected chi connectivity index (χ2v) is 6.91. The summed E-state index contributed by atoms with van der Waals surface area (Å²) >= 11 is 1.64. The van der Waals surface area contributed by atoms with Crippen molar-refractivity contribution >= 4 is 23.6 Å². The molecular formula is C20H25N3O2S. The van der Waals surface area contributed by atoms with Crippen LogP contribution in [-0.2, 0) is 9.59 Å². The van der Waals surface area contributed by atoms with Crippen LogP contribution >= 0.6 is 11.8 Å². The van der Waals surface area contributed by atoms with Gasteiger partial charge in [-0.05, 0) is 29.6 Å². The fraction of sp³-hybridized carbons (Fsp3) is 0.300. The SMILES string of the molecule is CSCC[C@H](N)C(=O)NCC(=O)NC(c1ccccc1)c1ccccc1. The van der Waals surface area contributed by atoms with Crippen LogP contribution in [0.4, 0.5) is 0 Å². The van der Waals surface area contributed by atoms with Crippen LogP contribution in [0.5, 0.6) is 0 Å². The van der Waals surface area contributed by atoms with Crippen LogP contribution in [-0.4, -0.2) is 36.4 Å². The van der Waals surface area contributed by atoms with Crippen LogP contribution in [0.3, 0.4) is 0 Å². The molecule has 5 nitrogen and oxygen atoms in total. The van der Waals surface area contributed by atoms with Crippen molar-refractivity contribution in [2.24, 2.45) is 5.73 Å². The Labute approximate surface area is 158 Å². The number of carbonyl (C=O) groups is 2. The highest BCUT2D eigenvalue weighted by Crippen LogP contribution is 2.21. The first-order chi connectivity index (χ1) is 12.6. The molecule has 138 valence electrons. The number of benzene rings is 2. The molecule has 0 saturated carbocycles. The summed E-state index contributed by atoms with van der Waals surface area (Å²) in [7, 11) is 0. The molecular weight excluding hydrogens is 346 g/mol. The lowest BCUT2D eigenvalue weighted by Gasteiger charge is -2.20. The molecule has 4 N–H and O–H groups in total. The molecule has 2 aromatic rings. The third kappa shape index (κ3) is 6.20. The average Bonchev–Trinajstić information content (AvgIpc) is 2.69. The molecule has 2 rings (SSSR count). The minimum atomic E-state index is -0.589. The molecule has 2 aromatic carbocycles. The van der Waals surface area contributed by atoms with Gasteiger partial charge in [-0.2, -0.15) is 11.8 Å². The summed E-state index contributed by atoms with van der Waals surface area (Å²) in [5, 5.41) is 5.60. The van der Waals surface area contributed by atoms with Gasteiger partial charge in [-0.3, -0.25) is 9.59 Å². The molecule has 0 spiro atoms. The molecule has 0 aliphatic heterocycles. The van der Waals surface area contributed by atoms with Gasteiger partial charge in [-0.15, -0.1) is 0 Å². The first-order valence-electron chi connectivity index (χ1n) is 8.53. The van der Waals surface area contributed by atoms with E-state index in [4.69, 9.17) is 5.73 Å². The maximum Gasteiger partial charge on any atom is 0.240 e. The van der Waals surface area contributed by atoms with Crippen molar-refractivity contribution in [3.8, 4) is 0 Å². The number of amides is 2. The Bertz CT molecular complexity index is 655. The molecule has 0 aliphatic rings. The van der Waals surface area contributed by atoms with Crippen molar-refractivity contribution in [3.05, 3.63) is 71.8 Å². The molecule has 2 amide bonds. The van der Waals surface area contributed by atoms with E-state index in [1.54, 1.807) is 11.8 Å². The summed E-state index contributed by atoms with van der Waals surface area (Å²) in [6.07, 6.45) is 2.55. The molecule has 0 bridgehead atoms. The van der Waals surface area contributed by atoms with Crippen LogP contribution in [0.1, 0.15) is 23.6 Å². The van der Waals surface area contributed by atoms with Gasteiger partial charge >= 0.3 is 0 Å². The maximum atomic E-state index is 12.4. The molecule has 0 fully saturated rings. The zero-order valence-electron chi connectivity index (χ0n) is 14.9. The average molecular weight is 372 g/mol. The largest absolute Gasteiger partial charge is 0.346 e. The molecule has 6 heteroatoms. The first kappa shape index (κ1) is 20.0. The predicted octanol–water partition coefficient (Wildman–Crippen LogP) is 2.09. The van der Waals surface area contributed by atoms with Crippen molar-refractivity contribution in [1.29, 1.82) is 0 Å². The van der Waals surface area contributed by atoms with E-state index in [1.807, 2.05) is 66.9 Å². The van der Waals surface area contributed by atoms with Crippen LogP contribution in [0.15, 0.2) is 60.7 Å². The van der Waals surface area contributed by atoms with Crippen molar-refractivity contribution in [2.45, 2.75) is 18.5 Å². The monoisotopic (exact) mass is 371 g/mol. The molecule has 0 aliphatic carbocycles. The summed E-state index contributed by atoms with van der Waals surface area (Å²) in [5.74, 6) is 0.253. The van der Waals surface area contributed by atoms with Gasteiger partial charge in [0.2, 0.25) is 11.8 Å². The number of hydrogen-bond acceptors (Lipinski definition) is 4. The van der Waals surface area contributed by atoms with Gasteiger partial charge in [0, 0.05) is 0 Å². The summed E-state index contributed by atoms with van der Waals surface area (Å²) < 4.78 is 0. The van der Waals surface area contributed by atoms with E-state index in [0.717, 1.165) is 16.9 Å². The highest BCUT2D eigenvalue weighted by Gasteiger charge is 2.18. The summed E-state index contributed by atoms with van der Waals surface area (Å²) in [5.41, 5.74) is 7.78. The van der Waals surface area contributed by atoms with E-state index >= 15 is 0 Å². The lowest BCUT2D eigenvalue weighted by atomic mass is 9.99. The topological polar surface area (TPSA) is 84.2 Å². The number of thioether (sulfide) groups is 1. The van der Waals surface area contributed by atoms with Crippen molar-refractivity contribution in [3.63, 3.8) is 0 Å². The molecule has 0 saturated heterocycles. The van der Waals surface area contributed by atoms with Crippen LogP contribution < -0.4 is 16.4 Å². The Kier molecular flexibility index (Phi) is 8.18. The zero-order chi connectivity index (χ0) is 18.8. The van der Waals surface area contributed by atoms with Gasteiger partial charge in [0.05, 0.1) is 18.6 Å². The lowest BCUT2D eigenvalue weighted by Crippen LogP contribution is -2.45. The Hall–Kier alpha value is -2.31. The fourth-order valence-electron chi connectivity index (χ4n) is 2.54. The molecule has 0 unspecified atom stereocenters. The van der Waals surface area contributed by atoms with E-state index in [2.05, 4.69) is 10.6 Å². The minimum absolute atomic E-state index is 0.0953. The predicted molar refractivity (Wildman–Crippen MR) is 107 cm³/mol. The molecule has 0 aromatic heterocycles.